The van der Waals surface area contributed by atoms with Crippen molar-refractivity contribution in [2.75, 3.05) is 11.9 Å². The summed E-state index contributed by atoms with van der Waals surface area (Å²) < 4.78 is 0. The largest absolute Gasteiger partial charge is 0.396 e. The van der Waals surface area contributed by atoms with Gasteiger partial charge in [0.15, 0.2) is 0 Å². The summed E-state index contributed by atoms with van der Waals surface area (Å²) in [6.45, 7) is 3.72. The van der Waals surface area contributed by atoms with Crippen LogP contribution in [0.2, 0.25) is 5.02 Å². The molecule has 0 saturated heterocycles. The van der Waals surface area contributed by atoms with E-state index in [-0.39, 0.29) is 24.3 Å². The molecule has 1 rings (SSSR count). The van der Waals surface area contributed by atoms with Crippen LogP contribution in [-0.4, -0.2) is 22.7 Å². The smallest absolute Gasteiger partial charge is 0.292 e. The van der Waals surface area contributed by atoms with Gasteiger partial charge in [0, 0.05) is 23.7 Å². The number of nitrogens with one attached hydrogen (secondary N) is 1. The summed E-state index contributed by atoms with van der Waals surface area (Å²) in [6, 6.07) is 4.27. The molecule has 0 fully saturated rings. The maximum Gasteiger partial charge on any atom is 0.292 e. The highest BCUT2D eigenvalue weighted by Gasteiger charge is 2.18. The zero-order chi connectivity index (χ0) is 13.0. The number of anilines is 1. The molecule has 1 aromatic rings. The van der Waals surface area contributed by atoms with E-state index < -0.39 is 4.92 Å². The Bertz CT molecular complexity index is 412. The number of hydrogen-bond acceptors (Lipinski definition) is 4. The van der Waals surface area contributed by atoms with E-state index in [1.165, 1.54) is 18.2 Å². The van der Waals surface area contributed by atoms with Gasteiger partial charge >= 0.3 is 0 Å². The number of rotatable bonds is 5. The second kappa shape index (κ2) is 5.84. The summed E-state index contributed by atoms with van der Waals surface area (Å²) in [7, 11) is 0. The standard InChI is InChI=1S/C11H15ClN2O3/c1-7(6-15)8(2)13-10-5-9(12)3-4-11(10)14(16)17/h3-5,7-8,13,15H,6H2,1-2H3. The van der Waals surface area contributed by atoms with Crippen LogP contribution in [-0.2, 0) is 0 Å². The van der Waals surface area contributed by atoms with Crippen molar-refractivity contribution in [2.45, 2.75) is 19.9 Å². The van der Waals surface area contributed by atoms with Gasteiger partial charge in [-0.05, 0) is 25.0 Å². The summed E-state index contributed by atoms with van der Waals surface area (Å²) in [5, 5.41) is 23.3. The fourth-order valence-electron chi connectivity index (χ4n) is 1.33. The first-order chi connectivity index (χ1) is 7.95. The predicted octanol–water partition coefficient (Wildman–Crippen LogP) is 2.68. The van der Waals surface area contributed by atoms with Crippen molar-refractivity contribution in [3.05, 3.63) is 33.3 Å². The molecular weight excluding hydrogens is 244 g/mol. The Kier molecular flexibility index (Phi) is 4.72. The number of aliphatic hydroxyl groups is 1. The Balaban J connectivity index is 2.96. The average Bonchev–Trinajstić information content (AvgIpc) is 2.27. The molecule has 6 heteroatoms. The third-order valence-corrected chi connectivity index (χ3v) is 2.92. The Hall–Kier alpha value is -1.33. The van der Waals surface area contributed by atoms with Gasteiger partial charge < -0.3 is 10.4 Å². The van der Waals surface area contributed by atoms with E-state index in [9.17, 15) is 10.1 Å². The van der Waals surface area contributed by atoms with Crippen LogP contribution in [0.25, 0.3) is 0 Å². The van der Waals surface area contributed by atoms with Crippen LogP contribution >= 0.6 is 11.6 Å². The molecule has 0 aliphatic carbocycles. The second-order valence-corrected chi connectivity index (χ2v) is 4.45. The fourth-order valence-corrected chi connectivity index (χ4v) is 1.50. The normalized spacial score (nSPS) is 14.1. The van der Waals surface area contributed by atoms with E-state index in [1.807, 2.05) is 13.8 Å². The Labute approximate surface area is 105 Å². The molecular formula is C11H15ClN2O3. The zero-order valence-corrected chi connectivity index (χ0v) is 10.4. The quantitative estimate of drug-likeness (QED) is 0.629. The summed E-state index contributed by atoms with van der Waals surface area (Å²) in [6.07, 6.45) is 0. The molecule has 0 heterocycles. The highest BCUT2D eigenvalue weighted by Crippen LogP contribution is 2.28. The van der Waals surface area contributed by atoms with Gasteiger partial charge in [0.05, 0.1) is 4.92 Å². The van der Waals surface area contributed by atoms with Crippen molar-refractivity contribution in [2.24, 2.45) is 5.92 Å². The minimum atomic E-state index is -0.463. The van der Waals surface area contributed by atoms with Crippen molar-refractivity contribution in [3.8, 4) is 0 Å². The van der Waals surface area contributed by atoms with E-state index in [2.05, 4.69) is 5.32 Å². The van der Waals surface area contributed by atoms with Crippen molar-refractivity contribution in [3.63, 3.8) is 0 Å². The molecule has 5 nitrogen and oxygen atoms in total. The SMILES string of the molecule is CC(CO)C(C)Nc1cc(Cl)ccc1[N+](=O)[O-]. The molecule has 0 aliphatic rings. The van der Waals surface area contributed by atoms with Gasteiger partial charge in [0.2, 0.25) is 0 Å². The molecule has 0 radical (unpaired) electrons. The molecule has 0 saturated carbocycles. The van der Waals surface area contributed by atoms with Gasteiger partial charge in [-0.15, -0.1) is 0 Å². The maximum absolute atomic E-state index is 10.8. The van der Waals surface area contributed by atoms with E-state index in [1.54, 1.807) is 0 Å². The molecule has 2 N–H and O–H groups in total. The van der Waals surface area contributed by atoms with Gasteiger partial charge in [-0.25, -0.2) is 0 Å². The Morgan fingerprint density at radius 3 is 2.71 bits per heavy atom. The summed E-state index contributed by atoms with van der Waals surface area (Å²) >= 11 is 5.81. The maximum atomic E-state index is 10.8. The van der Waals surface area contributed by atoms with Crippen molar-refractivity contribution >= 4 is 23.0 Å². The zero-order valence-electron chi connectivity index (χ0n) is 9.68. The van der Waals surface area contributed by atoms with Gasteiger partial charge in [0.25, 0.3) is 5.69 Å². The highest BCUT2D eigenvalue weighted by atomic mass is 35.5. The number of halogens is 1. The number of nitro groups is 1. The minimum Gasteiger partial charge on any atom is -0.396 e. The number of hydrogen-bond donors (Lipinski definition) is 2. The van der Waals surface area contributed by atoms with E-state index in [0.29, 0.717) is 10.7 Å². The summed E-state index contributed by atoms with van der Waals surface area (Å²) in [5.41, 5.74) is 0.349. The lowest BCUT2D eigenvalue weighted by atomic mass is 10.0. The molecule has 0 aliphatic heterocycles. The lowest BCUT2D eigenvalue weighted by Crippen LogP contribution is -2.26. The highest BCUT2D eigenvalue weighted by molar-refractivity contribution is 6.31. The third-order valence-electron chi connectivity index (χ3n) is 2.68. The molecule has 2 atom stereocenters. The van der Waals surface area contributed by atoms with E-state index in [0.717, 1.165) is 0 Å². The van der Waals surface area contributed by atoms with Crippen LogP contribution in [0, 0.1) is 16.0 Å². The van der Waals surface area contributed by atoms with Crippen LogP contribution in [0.4, 0.5) is 11.4 Å². The lowest BCUT2D eigenvalue weighted by Gasteiger charge is -2.20. The first kappa shape index (κ1) is 13.7. The molecule has 0 spiro atoms. The predicted molar refractivity (Wildman–Crippen MR) is 67.4 cm³/mol. The molecule has 94 valence electrons. The molecule has 0 amide bonds. The summed E-state index contributed by atoms with van der Waals surface area (Å²) in [4.78, 5) is 10.4. The Morgan fingerprint density at radius 1 is 1.53 bits per heavy atom. The van der Waals surface area contributed by atoms with Gasteiger partial charge in [-0.2, -0.15) is 0 Å². The number of nitrogens with zero attached hydrogens (tertiary/aromatic N) is 1. The third kappa shape index (κ3) is 3.57. The number of nitro benzene ring substituents is 1. The number of aliphatic hydroxyl groups excluding tert-OH is 1. The van der Waals surface area contributed by atoms with Crippen LogP contribution < -0.4 is 5.32 Å². The summed E-state index contributed by atoms with van der Waals surface area (Å²) in [5.74, 6) is -0.00594. The molecule has 1 aromatic carbocycles. The van der Waals surface area contributed by atoms with Crippen LogP contribution in [0.3, 0.4) is 0 Å². The minimum absolute atomic E-state index is 0.00594. The van der Waals surface area contributed by atoms with Gasteiger partial charge in [-0.1, -0.05) is 18.5 Å². The van der Waals surface area contributed by atoms with E-state index in [4.69, 9.17) is 16.7 Å². The first-order valence-electron chi connectivity index (χ1n) is 5.27. The van der Waals surface area contributed by atoms with Crippen molar-refractivity contribution in [1.82, 2.24) is 0 Å². The lowest BCUT2D eigenvalue weighted by molar-refractivity contribution is -0.384. The van der Waals surface area contributed by atoms with Crippen molar-refractivity contribution < 1.29 is 10.0 Å². The fraction of sp³-hybridized carbons (Fsp3) is 0.455. The van der Waals surface area contributed by atoms with Crippen LogP contribution in [0.1, 0.15) is 13.8 Å². The molecule has 17 heavy (non-hydrogen) atoms. The number of benzene rings is 1. The molecule has 2 unspecified atom stereocenters. The van der Waals surface area contributed by atoms with Crippen LogP contribution in [0.15, 0.2) is 18.2 Å². The molecule has 0 bridgehead atoms. The monoisotopic (exact) mass is 258 g/mol. The van der Waals surface area contributed by atoms with Crippen molar-refractivity contribution in [1.29, 1.82) is 0 Å². The van der Waals surface area contributed by atoms with Gasteiger partial charge in [0.1, 0.15) is 5.69 Å². The van der Waals surface area contributed by atoms with E-state index >= 15 is 0 Å². The van der Waals surface area contributed by atoms with Gasteiger partial charge in [-0.3, -0.25) is 10.1 Å². The average molecular weight is 259 g/mol. The van der Waals surface area contributed by atoms with Crippen LogP contribution in [0.5, 0.6) is 0 Å². The Morgan fingerprint density at radius 2 is 2.18 bits per heavy atom. The molecule has 0 aromatic heterocycles. The topological polar surface area (TPSA) is 75.4 Å². The first-order valence-corrected chi connectivity index (χ1v) is 5.64. The second-order valence-electron chi connectivity index (χ2n) is 4.01.